The lowest BCUT2D eigenvalue weighted by Crippen LogP contribution is -2.24. The smallest absolute Gasteiger partial charge is 0.152 e. The average molecular weight is 401 g/mol. The zero-order valence-corrected chi connectivity index (χ0v) is 17.2. The highest BCUT2D eigenvalue weighted by Gasteiger charge is 2.28. The standard InChI is InChI=1S/C22H28N2O3S/c1-3-15-6-5-14(11-16(15)4-2)9-10-23-12-19(27)17-7-8-18(26)21-22(17)28-20(13-25)24-21/h5-8,11,13,19-20,23-24,26-27H,3-4,9-10,12H2,1-2H3/t19-,20?/m0/s1. The summed E-state index contributed by atoms with van der Waals surface area (Å²) in [4.78, 5) is 11.8. The molecular weight excluding hydrogens is 372 g/mol. The Kier molecular flexibility index (Phi) is 6.99. The minimum atomic E-state index is -0.706. The summed E-state index contributed by atoms with van der Waals surface area (Å²) in [5, 5.41) is 26.4. The SMILES string of the molecule is CCc1ccc(CCNC[C@H](O)c2ccc(O)c3c2SC(C=O)N3)cc1CC. The van der Waals surface area contributed by atoms with Crippen LogP contribution in [0.2, 0.25) is 0 Å². The van der Waals surface area contributed by atoms with Crippen LogP contribution < -0.4 is 10.6 Å². The summed E-state index contributed by atoms with van der Waals surface area (Å²) in [5.41, 5.74) is 5.38. The third kappa shape index (κ3) is 4.51. The fourth-order valence-corrected chi connectivity index (χ4v) is 4.68. The van der Waals surface area contributed by atoms with E-state index in [1.54, 1.807) is 12.1 Å². The molecule has 1 heterocycles. The van der Waals surface area contributed by atoms with Crippen LogP contribution in [0, 0.1) is 0 Å². The molecule has 0 saturated carbocycles. The summed E-state index contributed by atoms with van der Waals surface area (Å²) < 4.78 is 0. The van der Waals surface area contributed by atoms with E-state index in [1.165, 1.54) is 28.5 Å². The number of carbonyl (C=O) groups excluding carboxylic acids is 1. The summed E-state index contributed by atoms with van der Waals surface area (Å²) in [7, 11) is 0. The van der Waals surface area contributed by atoms with Crippen molar-refractivity contribution < 1.29 is 15.0 Å². The highest BCUT2D eigenvalue weighted by atomic mass is 32.2. The van der Waals surface area contributed by atoms with Crippen molar-refractivity contribution in [3.63, 3.8) is 0 Å². The number of hydrogen-bond acceptors (Lipinski definition) is 6. The largest absolute Gasteiger partial charge is 0.506 e. The molecule has 2 aromatic carbocycles. The van der Waals surface area contributed by atoms with Crippen molar-refractivity contribution in [3.8, 4) is 5.75 Å². The van der Waals surface area contributed by atoms with Gasteiger partial charge in [0, 0.05) is 11.4 Å². The first-order valence-electron chi connectivity index (χ1n) is 9.81. The van der Waals surface area contributed by atoms with E-state index < -0.39 is 11.5 Å². The summed E-state index contributed by atoms with van der Waals surface area (Å²) in [6.07, 6.45) is 3.10. The molecule has 1 unspecified atom stereocenters. The molecule has 0 saturated heterocycles. The maximum absolute atomic E-state index is 11.1. The van der Waals surface area contributed by atoms with E-state index in [4.69, 9.17) is 0 Å². The van der Waals surface area contributed by atoms with Crippen molar-refractivity contribution in [2.24, 2.45) is 0 Å². The second-order valence-electron chi connectivity index (χ2n) is 6.98. The van der Waals surface area contributed by atoms with Crippen LogP contribution in [0.4, 0.5) is 5.69 Å². The fraction of sp³-hybridized carbons (Fsp3) is 0.409. The Balaban J connectivity index is 1.57. The number of aliphatic hydroxyl groups is 1. The Morgan fingerprint density at radius 3 is 2.71 bits per heavy atom. The van der Waals surface area contributed by atoms with Gasteiger partial charge < -0.3 is 25.6 Å². The molecule has 150 valence electrons. The van der Waals surface area contributed by atoms with Gasteiger partial charge in [-0.05, 0) is 54.1 Å². The van der Waals surface area contributed by atoms with Crippen LogP contribution in [0.15, 0.2) is 35.2 Å². The second-order valence-corrected chi connectivity index (χ2v) is 8.13. The number of rotatable bonds is 9. The van der Waals surface area contributed by atoms with Crippen LogP contribution in [0.1, 0.15) is 42.2 Å². The third-order valence-electron chi connectivity index (χ3n) is 5.14. The predicted molar refractivity (Wildman–Crippen MR) is 114 cm³/mol. The van der Waals surface area contributed by atoms with E-state index in [9.17, 15) is 15.0 Å². The number of carbonyl (C=O) groups is 1. The van der Waals surface area contributed by atoms with Crippen LogP contribution in [-0.4, -0.2) is 35.0 Å². The molecule has 0 bridgehead atoms. The van der Waals surface area contributed by atoms with E-state index in [-0.39, 0.29) is 5.75 Å². The highest BCUT2D eigenvalue weighted by Crippen LogP contribution is 2.46. The number of aliphatic hydroxyl groups excluding tert-OH is 1. The number of benzene rings is 2. The van der Waals surface area contributed by atoms with E-state index in [2.05, 4.69) is 42.7 Å². The minimum absolute atomic E-state index is 0.0954. The lowest BCUT2D eigenvalue weighted by molar-refractivity contribution is -0.107. The topological polar surface area (TPSA) is 81.6 Å². The Bertz CT molecular complexity index is 841. The van der Waals surface area contributed by atoms with E-state index in [0.29, 0.717) is 12.2 Å². The molecule has 28 heavy (non-hydrogen) atoms. The number of hydrogen-bond donors (Lipinski definition) is 4. The molecule has 2 atom stereocenters. The molecule has 0 fully saturated rings. The predicted octanol–water partition coefficient (Wildman–Crippen LogP) is 3.43. The lowest BCUT2D eigenvalue weighted by Gasteiger charge is -2.16. The fourth-order valence-electron chi connectivity index (χ4n) is 3.57. The zero-order valence-electron chi connectivity index (χ0n) is 16.4. The van der Waals surface area contributed by atoms with Gasteiger partial charge in [0.05, 0.1) is 11.8 Å². The number of phenolic OH excluding ortho intramolecular Hbond substituents is 1. The summed E-state index contributed by atoms with van der Waals surface area (Å²) in [6, 6.07) is 9.96. The number of thioether (sulfide) groups is 1. The zero-order chi connectivity index (χ0) is 20.1. The monoisotopic (exact) mass is 400 g/mol. The van der Waals surface area contributed by atoms with Crippen LogP contribution in [0.3, 0.4) is 0 Å². The number of aldehydes is 1. The van der Waals surface area contributed by atoms with Crippen molar-refractivity contribution in [2.45, 2.75) is 49.5 Å². The molecular formula is C22H28N2O3S. The first-order valence-corrected chi connectivity index (χ1v) is 10.7. The minimum Gasteiger partial charge on any atom is -0.506 e. The van der Waals surface area contributed by atoms with Crippen molar-refractivity contribution >= 4 is 23.7 Å². The second kappa shape index (κ2) is 9.45. The number of aromatic hydroxyl groups is 1. The molecule has 3 rings (SSSR count). The quantitative estimate of drug-likeness (QED) is 0.293. The van der Waals surface area contributed by atoms with Crippen LogP contribution in [0.5, 0.6) is 5.75 Å². The van der Waals surface area contributed by atoms with Gasteiger partial charge in [-0.3, -0.25) is 0 Å². The van der Waals surface area contributed by atoms with Crippen molar-refractivity contribution in [1.82, 2.24) is 5.32 Å². The first-order chi connectivity index (χ1) is 13.6. The highest BCUT2D eigenvalue weighted by molar-refractivity contribution is 8.01. The van der Waals surface area contributed by atoms with E-state index in [1.807, 2.05) is 0 Å². The number of nitrogens with one attached hydrogen (secondary N) is 2. The van der Waals surface area contributed by atoms with Gasteiger partial charge in [0.15, 0.2) is 6.29 Å². The molecule has 0 aliphatic carbocycles. The lowest BCUT2D eigenvalue weighted by atomic mass is 9.99. The molecule has 6 heteroatoms. The van der Waals surface area contributed by atoms with Crippen LogP contribution >= 0.6 is 11.8 Å². The van der Waals surface area contributed by atoms with Gasteiger partial charge in [0.1, 0.15) is 11.1 Å². The Morgan fingerprint density at radius 2 is 2.00 bits per heavy atom. The van der Waals surface area contributed by atoms with Crippen LogP contribution in [0.25, 0.3) is 0 Å². The molecule has 0 spiro atoms. The number of anilines is 1. The van der Waals surface area contributed by atoms with Crippen molar-refractivity contribution in [3.05, 3.63) is 52.6 Å². The molecule has 5 nitrogen and oxygen atoms in total. The normalized spacial score (nSPS) is 16.5. The Morgan fingerprint density at radius 1 is 1.21 bits per heavy atom. The van der Waals surface area contributed by atoms with Gasteiger partial charge in [-0.15, -0.1) is 0 Å². The van der Waals surface area contributed by atoms with E-state index in [0.717, 1.165) is 42.6 Å². The van der Waals surface area contributed by atoms with Gasteiger partial charge in [-0.1, -0.05) is 49.9 Å². The molecule has 0 amide bonds. The number of aryl methyl sites for hydroxylation is 2. The maximum Gasteiger partial charge on any atom is 0.152 e. The van der Waals surface area contributed by atoms with Gasteiger partial charge >= 0.3 is 0 Å². The van der Waals surface area contributed by atoms with Gasteiger partial charge in [-0.25, -0.2) is 0 Å². The molecule has 0 radical (unpaired) electrons. The summed E-state index contributed by atoms with van der Waals surface area (Å²) >= 11 is 1.32. The van der Waals surface area contributed by atoms with Crippen LogP contribution in [-0.2, 0) is 24.1 Å². The van der Waals surface area contributed by atoms with Gasteiger partial charge in [-0.2, -0.15) is 0 Å². The Hall–Kier alpha value is -2.02. The van der Waals surface area contributed by atoms with E-state index >= 15 is 0 Å². The van der Waals surface area contributed by atoms with Crippen molar-refractivity contribution in [2.75, 3.05) is 18.4 Å². The van der Waals surface area contributed by atoms with Crippen molar-refractivity contribution in [1.29, 1.82) is 0 Å². The molecule has 1 aliphatic rings. The average Bonchev–Trinajstić information content (AvgIpc) is 3.16. The Labute approximate surface area is 170 Å². The number of fused-ring (bicyclic) bond motifs is 1. The van der Waals surface area contributed by atoms with Gasteiger partial charge in [0.2, 0.25) is 0 Å². The summed E-state index contributed by atoms with van der Waals surface area (Å²) in [5.74, 6) is 0.0954. The molecule has 0 aromatic heterocycles. The summed E-state index contributed by atoms with van der Waals surface area (Å²) in [6.45, 7) is 5.55. The first kappa shape index (κ1) is 20.7. The number of phenols is 1. The molecule has 2 aromatic rings. The molecule has 1 aliphatic heterocycles. The third-order valence-corrected chi connectivity index (χ3v) is 6.30. The molecule has 4 N–H and O–H groups in total. The van der Waals surface area contributed by atoms with Gasteiger partial charge in [0.25, 0.3) is 0 Å². The maximum atomic E-state index is 11.1.